The minimum atomic E-state index is -0.598. The summed E-state index contributed by atoms with van der Waals surface area (Å²) in [6.45, 7) is 2.59. The Labute approximate surface area is 87.3 Å². The summed E-state index contributed by atoms with van der Waals surface area (Å²) < 4.78 is 5.34. The van der Waals surface area contributed by atoms with Crippen LogP contribution in [0.3, 0.4) is 0 Å². The van der Waals surface area contributed by atoms with Crippen LogP contribution >= 0.6 is 0 Å². The van der Waals surface area contributed by atoms with Gasteiger partial charge in [0.15, 0.2) is 0 Å². The summed E-state index contributed by atoms with van der Waals surface area (Å²) in [4.78, 5) is 13.6. The SMILES string of the molecule is CCCOc1cccc(C(=O)N=[N+]=[N-])c1. The summed E-state index contributed by atoms with van der Waals surface area (Å²) in [6, 6.07) is 6.58. The van der Waals surface area contributed by atoms with Crippen LogP contribution in [0, 0.1) is 0 Å². The topological polar surface area (TPSA) is 75.1 Å². The van der Waals surface area contributed by atoms with Crippen LogP contribution in [0.4, 0.5) is 0 Å². The maximum atomic E-state index is 11.2. The molecule has 1 amide bonds. The lowest BCUT2D eigenvalue weighted by atomic mass is 10.2. The van der Waals surface area contributed by atoms with Crippen molar-refractivity contribution in [3.63, 3.8) is 0 Å². The highest BCUT2D eigenvalue weighted by atomic mass is 16.5. The normalized spacial score (nSPS) is 9.13. The van der Waals surface area contributed by atoms with Crippen molar-refractivity contribution in [2.45, 2.75) is 13.3 Å². The largest absolute Gasteiger partial charge is 0.494 e. The maximum absolute atomic E-state index is 11.2. The van der Waals surface area contributed by atoms with Gasteiger partial charge in [0.05, 0.1) is 6.61 Å². The molecule has 0 saturated heterocycles. The van der Waals surface area contributed by atoms with Gasteiger partial charge >= 0.3 is 0 Å². The molecule has 0 aliphatic rings. The minimum absolute atomic E-state index is 0.335. The molecule has 1 aromatic carbocycles. The molecule has 78 valence electrons. The summed E-state index contributed by atoms with van der Waals surface area (Å²) in [6.07, 6.45) is 0.897. The molecule has 0 radical (unpaired) electrons. The second-order valence-corrected chi connectivity index (χ2v) is 2.87. The van der Waals surface area contributed by atoms with E-state index >= 15 is 0 Å². The van der Waals surface area contributed by atoms with Crippen molar-refractivity contribution >= 4 is 5.91 Å². The number of rotatable bonds is 4. The Hall–Kier alpha value is -2.00. The van der Waals surface area contributed by atoms with Crippen LogP contribution in [0.5, 0.6) is 5.75 Å². The average Bonchev–Trinajstić information content (AvgIpc) is 2.27. The van der Waals surface area contributed by atoms with Crippen LogP contribution in [0.15, 0.2) is 29.4 Å². The van der Waals surface area contributed by atoms with Crippen LogP contribution < -0.4 is 4.74 Å². The second kappa shape index (κ2) is 5.67. The van der Waals surface area contributed by atoms with E-state index in [0.717, 1.165) is 6.42 Å². The number of carbonyl (C=O) groups excluding carboxylic acids is 1. The summed E-state index contributed by atoms with van der Waals surface area (Å²) in [5.74, 6) is 0.00953. The fraction of sp³-hybridized carbons (Fsp3) is 0.300. The highest BCUT2D eigenvalue weighted by molar-refractivity contribution is 5.95. The number of benzene rings is 1. The van der Waals surface area contributed by atoms with Gasteiger partial charge < -0.3 is 4.74 Å². The van der Waals surface area contributed by atoms with Crippen molar-refractivity contribution in [1.82, 2.24) is 0 Å². The first-order chi connectivity index (χ1) is 7.27. The Morgan fingerprint density at radius 2 is 2.40 bits per heavy atom. The molecule has 0 atom stereocenters. The van der Waals surface area contributed by atoms with E-state index in [0.29, 0.717) is 17.9 Å². The van der Waals surface area contributed by atoms with Crippen molar-refractivity contribution in [2.75, 3.05) is 6.61 Å². The van der Waals surface area contributed by atoms with Crippen LogP contribution in [0.25, 0.3) is 10.4 Å². The summed E-state index contributed by atoms with van der Waals surface area (Å²) in [5.41, 5.74) is 8.45. The van der Waals surface area contributed by atoms with E-state index in [4.69, 9.17) is 10.3 Å². The predicted octanol–water partition coefficient (Wildman–Crippen LogP) is 2.93. The first-order valence-electron chi connectivity index (χ1n) is 4.60. The number of amides is 1. The number of azide groups is 1. The Kier molecular flexibility index (Phi) is 4.19. The average molecular weight is 205 g/mol. The Morgan fingerprint density at radius 3 is 3.07 bits per heavy atom. The number of hydrogen-bond donors (Lipinski definition) is 0. The lowest BCUT2D eigenvalue weighted by molar-refractivity contribution is 0.1000. The van der Waals surface area contributed by atoms with Gasteiger partial charge in [0.2, 0.25) is 5.91 Å². The van der Waals surface area contributed by atoms with Gasteiger partial charge in [-0.25, -0.2) is 0 Å². The summed E-state index contributed by atoms with van der Waals surface area (Å²) in [5, 5.41) is 3.00. The molecule has 0 unspecified atom stereocenters. The highest BCUT2D eigenvalue weighted by Crippen LogP contribution is 2.14. The molecule has 15 heavy (non-hydrogen) atoms. The number of hydrogen-bond acceptors (Lipinski definition) is 2. The van der Waals surface area contributed by atoms with Crippen LogP contribution in [-0.2, 0) is 0 Å². The van der Waals surface area contributed by atoms with E-state index in [1.807, 2.05) is 6.92 Å². The van der Waals surface area contributed by atoms with Gasteiger partial charge in [-0.3, -0.25) is 4.79 Å². The monoisotopic (exact) mass is 205 g/mol. The molecule has 0 heterocycles. The second-order valence-electron chi connectivity index (χ2n) is 2.87. The maximum Gasteiger partial charge on any atom is 0.249 e. The van der Waals surface area contributed by atoms with Gasteiger partial charge in [0, 0.05) is 10.5 Å². The first-order valence-corrected chi connectivity index (χ1v) is 4.60. The van der Waals surface area contributed by atoms with Gasteiger partial charge in [-0.15, -0.1) is 0 Å². The molecule has 0 aliphatic carbocycles. The fourth-order valence-corrected chi connectivity index (χ4v) is 1.04. The van der Waals surface area contributed by atoms with E-state index in [9.17, 15) is 4.79 Å². The van der Waals surface area contributed by atoms with E-state index in [-0.39, 0.29) is 0 Å². The molecule has 5 heteroatoms. The highest BCUT2D eigenvalue weighted by Gasteiger charge is 2.03. The predicted molar refractivity (Wildman–Crippen MR) is 55.7 cm³/mol. The van der Waals surface area contributed by atoms with Crippen molar-refractivity contribution in [1.29, 1.82) is 0 Å². The molecule has 0 fully saturated rings. The number of nitrogens with zero attached hydrogens (tertiary/aromatic N) is 3. The molecule has 0 spiro atoms. The smallest absolute Gasteiger partial charge is 0.249 e. The lowest BCUT2D eigenvalue weighted by Gasteiger charge is -2.04. The Bertz CT molecular complexity index is 397. The zero-order valence-electron chi connectivity index (χ0n) is 8.38. The quantitative estimate of drug-likeness (QED) is 0.430. The van der Waals surface area contributed by atoms with E-state index in [2.05, 4.69) is 10.0 Å². The van der Waals surface area contributed by atoms with E-state index in [1.54, 1.807) is 24.3 Å². The standard InChI is InChI=1S/C10H11N3O2/c1-2-6-15-9-5-3-4-8(7-9)10(14)12-13-11/h3-5,7H,2,6H2,1H3. The van der Waals surface area contributed by atoms with Gasteiger partial charge in [-0.1, -0.05) is 19.1 Å². The van der Waals surface area contributed by atoms with Gasteiger partial charge in [-0.2, -0.15) is 0 Å². The van der Waals surface area contributed by atoms with Gasteiger partial charge in [0.25, 0.3) is 0 Å². The Balaban J connectivity index is 2.82. The molecular weight excluding hydrogens is 194 g/mol. The first kappa shape index (κ1) is 11.1. The van der Waals surface area contributed by atoms with Gasteiger partial charge in [0.1, 0.15) is 5.75 Å². The van der Waals surface area contributed by atoms with Crippen molar-refractivity contribution in [2.24, 2.45) is 5.11 Å². The molecule has 0 bridgehead atoms. The number of ether oxygens (including phenoxy) is 1. The van der Waals surface area contributed by atoms with Crippen LogP contribution in [0.2, 0.25) is 0 Å². The van der Waals surface area contributed by atoms with Crippen LogP contribution in [0.1, 0.15) is 23.7 Å². The van der Waals surface area contributed by atoms with Crippen LogP contribution in [-0.4, -0.2) is 12.5 Å². The zero-order chi connectivity index (χ0) is 11.1. The van der Waals surface area contributed by atoms with E-state index in [1.165, 1.54) is 0 Å². The van der Waals surface area contributed by atoms with E-state index < -0.39 is 5.91 Å². The lowest BCUT2D eigenvalue weighted by Crippen LogP contribution is -1.98. The molecule has 0 saturated carbocycles. The molecule has 0 aliphatic heterocycles. The third-order valence-electron chi connectivity index (χ3n) is 1.69. The third-order valence-corrected chi connectivity index (χ3v) is 1.69. The van der Waals surface area contributed by atoms with Crippen molar-refractivity contribution < 1.29 is 9.53 Å². The third kappa shape index (κ3) is 3.32. The van der Waals surface area contributed by atoms with Crippen molar-refractivity contribution in [3.05, 3.63) is 40.3 Å². The van der Waals surface area contributed by atoms with Gasteiger partial charge in [-0.05, 0) is 29.2 Å². The molecule has 0 N–H and O–H groups in total. The summed E-state index contributed by atoms with van der Waals surface area (Å²) in [7, 11) is 0. The summed E-state index contributed by atoms with van der Waals surface area (Å²) >= 11 is 0. The van der Waals surface area contributed by atoms with Crippen molar-refractivity contribution in [3.8, 4) is 5.75 Å². The minimum Gasteiger partial charge on any atom is -0.494 e. The molecule has 5 nitrogen and oxygen atoms in total. The Morgan fingerprint density at radius 1 is 1.60 bits per heavy atom. The molecule has 1 aromatic rings. The number of carbonyl (C=O) groups is 1. The molecule has 0 aromatic heterocycles. The fourth-order valence-electron chi connectivity index (χ4n) is 1.04. The molecular formula is C10H11N3O2. The molecule has 1 rings (SSSR count). The zero-order valence-corrected chi connectivity index (χ0v) is 8.38.